The number of aliphatic hydroxyl groups excluding tert-OH is 1. The summed E-state index contributed by atoms with van der Waals surface area (Å²) >= 11 is 0. The minimum atomic E-state index is 0.319. The molecule has 1 saturated heterocycles. The minimum Gasteiger partial charge on any atom is -0.396 e. The molecule has 2 N–H and O–H groups in total. The molecule has 1 aliphatic carbocycles. The Morgan fingerprint density at radius 2 is 2.11 bits per heavy atom. The van der Waals surface area contributed by atoms with Crippen LogP contribution in [0.2, 0.25) is 0 Å². The SMILES string of the molecule is OCC1(C2CC2)CNC1. The first-order chi connectivity index (χ1) is 4.37. The van der Waals surface area contributed by atoms with E-state index < -0.39 is 0 Å². The Bertz CT molecular complexity index is 111. The molecule has 0 radical (unpaired) electrons. The van der Waals surface area contributed by atoms with E-state index in [1.54, 1.807) is 0 Å². The van der Waals surface area contributed by atoms with Gasteiger partial charge >= 0.3 is 0 Å². The van der Waals surface area contributed by atoms with Crippen LogP contribution in [0.5, 0.6) is 0 Å². The van der Waals surface area contributed by atoms with Crippen molar-refractivity contribution >= 4 is 0 Å². The molecule has 0 atom stereocenters. The fourth-order valence-electron chi connectivity index (χ4n) is 1.67. The van der Waals surface area contributed by atoms with E-state index in [9.17, 15) is 0 Å². The Morgan fingerprint density at radius 3 is 2.22 bits per heavy atom. The van der Waals surface area contributed by atoms with Crippen LogP contribution >= 0.6 is 0 Å². The van der Waals surface area contributed by atoms with Crippen LogP contribution in [0.3, 0.4) is 0 Å². The van der Waals surface area contributed by atoms with Gasteiger partial charge in [-0.2, -0.15) is 0 Å². The second-order valence-corrected chi connectivity index (χ2v) is 3.40. The predicted molar refractivity (Wildman–Crippen MR) is 35.1 cm³/mol. The summed E-state index contributed by atoms with van der Waals surface area (Å²) in [5.41, 5.74) is 0.319. The highest BCUT2D eigenvalue weighted by Crippen LogP contribution is 2.47. The van der Waals surface area contributed by atoms with Gasteiger partial charge in [0.1, 0.15) is 0 Å². The van der Waals surface area contributed by atoms with Crippen molar-refractivity contribution < 1.29 is 5.11 Å². The zero-order chi connectivity index (χ0) is 6.32. The lowest BCUT2D eigenvalue weighted by molar-refractivity contribution is 0.0467. The Morgan fingerprint density at radius 1 is 1.44 bits per heavy atom. The zero-order valence-electron chi connectivity index (χ0n) is 5.56. The second-order valence-electron chi connectivity index (χ2n) is 3.40. The van der Waals surface area contributed by atoms with Crippen LogP contribution in [0.15, 0.2) is 0 Å². The van der Waals surface area contributed by atoms with Crippen LogP contribution in [0.4, 0.5) is 0 Å². The molecule has 0 spiro atoms. The fourth-order valence-corrected chi connectivity index (χ4v) is 1.67. The summed E-state index contributed by atoms with van der Waals surface area (Å²) in [6, 6.07) is 0. The molecule has 1 saturated carbocycles. The third-order valence-corrected chi connectivity index (χ3v) is 2.71. The van der Waals surface area contributed by atoms with Crippen LogP contribution in [0.1, 0.15) is 12.8 Å². The molecule has 1 aliphatic heterocycles. The van der Waals surface area contributed by atoms with Crippen molar-refractivity contribution in [2.45, 2.75) is 12.8 Å². The Balaban J connectivity index is 1.99. The van der Waals surface area contributed by atoms with Gasteiger partial charge in [0.15, 0.2) is 0 Å². The summed E-state index contributed by atoms with van der Waals surface area (Å²) in [4.78, 5) is 0. The van der Waals surface area contributed by atoms with Crippen molar-refractivity contribution in [3.05, 3.63) is 0 Å². The maximum atomic E-state index is 9.01. The molecule has 2 fully saturated rings. The Kier molecular flexibility index (Phi) is 1.08. The smallest absolute Gasteiger partial charge is 0.0514 e. The first kappa shape index (κ1) is 5.69. The van der Waals surface area contributed by atoms with Crippen molar-refractivity contribution in [2.75, 3.05) is 19.7 Å². The topological polar surface area (TPSA) is 32.3 Å². The number of hydrogen-bond donors (Lipinski definition) is 2. The van der Waals surface area contributed by atoms with Crippen LogP contribution < -0.4 is 5.32 Å². The van der Waals surface area contributed by atoms with E-state index in [4.69, 9.17) is 5.11 Å². The van der Waals surface area contributed by atoms with E-state index in [0.29, 0.717) is 12.0 Å². The standard InChI is InChI=1S/C7H13NO/c9-5-7(3-8-4-7)6-1-2-6/h6,8-9H,1-5H2. The van der Waals surface area contributed by atoms with Gasteiger partial charge in [0.2, 0.25) is 0 Å². The Labute approximate surface area is 55.3 Å². The maximum Gasteiger partial charge on any atom is 0.0514 e. The predicted octanol–water partition coefficient (Wildman–Crippen LogP) is -0.0217. The van der Waals surface area contributed by atoms with E-state index in [2.05, 4.69) is 5.32 Å². The summed E-state index contributed by atoms with van der Waals surface area (Å²) in [6.07, 6.45) is 2.70. The lowest BCUT2D eigenvalue weighted by atomic mass is 9.78. The monoisotopic (exact) mass is 127 g/mol. The van der Waals surface area contributed by atoms with Gasteiger partial charge in [0, 0.05) is 18.5 Å². The quantitative estimate of drug-likeness (QED) is 0.546. The molecule has 2 aliphatic rings. The Hall–Kier alpha value is -0.0800. The van der Waals surface area contributed by atoms with Crippen molar-refractivity contribution in [3.8, 4) is 0 Å². The third kappa shape index (κ3) is 0.700. The summed E-state index contributed by atoms with van der Waals surface area (Å²) in [7, 11) is 0. The normalized spacial score (nSPS) is 31.7. The van der Waals surface area contributed by atoms with E-state index in [1.165, 1.54) is 12.8 Å². The van der Waals surface area contributed by atoms with E-state index in [1.807, 2.05) is 0 Å². The average Bonchev–Trinajstić information content (AvgIpc) is 2.47. The van der Waals surface area contributed by atoms with E-state index >= 15 is 0 Å². The van der Waals surface area contributed by atoms with E-state index in [0.717, 1.165) is 19.0 Å². The van der Waals surface area contributed by atoms with Gasteiger partial charge in [0.05, 0.1) is 6.61 Å². The number of rotatable bonds is 2. The van der Waals surface area contributed by atoms with Crippen LogP contribution in [-0.4, -0.2) is 24.8 Å². The zero-order valence-corrected chi connectivity index (χ0v) is 5.56. The molecular formula is C7H13NO. The van der Waals surface area contributed by atoms with Gasteiger partial charge in [-0.3, -0.25) is 0 Å². The number of hydrogen-bond acceptors (Lipinski definition) is 2. The van der Waals surface area contributed by atoms with Crippen molar-refractivity contribution in [2.24, 2.45) is 11.3 Å². The number of aliphatic hydroxyl groups is 1. The molecule has 2 heteroatoms. The lowest BCUT2D eigenvalue weighted by Gasteiger charge is -2.41. The van der Waals surface area contributed by atoms with Crippen molar-refractivity contribution in [1.29, 1.82) is 0 Å². The number of nitrogens with one attached hydrogen (secondary N) is 1. The molecule has 0 unspecified atom stereocenters. The molecule has 0 amide bonds. The molecule has 0 aromatic rings. The van der Waals surface area contributed by atoms with Gasteiger partial charge in [-0.25, -0.2) is 0 Å². The summed E-state index contributed by atoms with van der Waals surface area (Å²) in [6.45, 7) is 2.49. The van der Waals surface area contributed by atoms with Crippen LogP contribution in [0.25, 0.3) is 0 Å². The molecule has 2 nitrogen and oxygen atoms in total. The van der Waals surface area contributed by atoms with Gasteiger partial charge < -0.3 is 10.4 Å². The fraction of sp³-hybridized carbons (Fsp3) is 1.00. The van der Waals surface area contributed by atoms with Crippen molar-refractivity contribution in [3.63, 3.8) is 0 Å². The second kappa shape index (κ2) is 1.70. The van der Waals surface area contributed by atoms with Crippen LogP contribution in [-0.2, 0) is 0 Å². The molecule has 2 rings (SSSR count). The highest BCUT2D eigenvalue weighted by atomic mass is 16.3. The highest BCUT2D eigenvalue weighted by Gasteiger charge is 2.48. The minimum absolute atomic E-state index is 0.319. The summed E-state index contributed by atoms with van der Waals surface area (Å²) in [5, 5.41) is 12.2. The van der Waals surface area contributed by atoms with Crippen molar-refractivity contribution in [1.82, 2.24) is 5.32 Å². The maximum absolute atomic E-state index is 9.01. The first-order valence-electron chi connectivity index (χ1n) is 3.69. The highest BCUT2D eigenvalue weighted by molar-refractivity contribution is 5.02. The van der Waals surface area contributed by atoms with Gasteiger partial charge in [-0.15, -0.1) is 0 Å². The van der Waals surface area contributed by atoms with Crippen LogP contribution in [0, 0.1) is 11.3 Å². The largest absolute Gasteiger partial charge is 0.396 e. The van der Waals surface area contributed by atoms with E-state index in [-0.39, 0.29) is 0 Å². The van der Waals surface area contributed by atoms with Gasteiger partial charge in [-0.1, -0.05) is 0 Å². The van der Waals surface area contributed by atoms with Gasteiger partial charge in [-0.05, 0) is 18.8 Å². The average molecular weight is 127 g/mol. The lowest BCUT2D eigenvalue weighted by Crippen LogP contribution is -2.57. The molecule has 0 bridgehead atoms. The molecule has 52 valence electrons. The molecule has 9 heavy (non-hydrogen) atoms. The first-order valence-corrected chi connectivity index (χ1v) is 3.69. The molecule has 1 heterocycles. The third-order valence-electron chi connectivity index (χ3n) is 2.71. The van der Waals surface area contributed by atoms with Gasteiger partial charge in [0.25, 0.3) is 0 Å². The molecular weight excluding hydrogens is 114 g/mol. The molecule has 0 aromatic heterocycles. The molecule has 0 aromatic carbocycles. The summed E-state index contributed by atoms with van der Waals surface area (Å²) in [5.74, 6) is 0.851. The summed E-state index contributed by atoms with van der Waals surface area (Å²) < 4.78 is 0.